The standard InChI is InChI=1S/C30H27N11O2/c31-29-24(17-20(36-37-29)19-5-1-2-6-25(19)42)39-15-9-23-22(39)10-16-40(23)27-8-13-32-26(35-27)7-3-11-34-30(43)21-18-28-33-12-4-14-41(28)38-21/h1-2,4-6,8,12-14,17-18,22-23,42H,9-11,15-16H2,(H2,31,37)(H,34,43)/t22-,23-/m0/s1. The second-order valence-corrected chi connectivity index (χ2v) is 10.3. The Kier molecular flexibility index (Phi) is 6.63. The molecule has 2 saturated heterocycles. The second-order valence-electron chi connectivity index (χ2n) is 10.3. The van der Waals surface area contributed by atoms with Crippen molar-refractivity contribution in [1.82, 2.24) is 40.1 Å². The van der Waals surface area contributed by atoms with Crippen molar-refractivity contribution >= 4 is 28.9 Å². The average molecular weight is 574 g/mol. The van der Waals surface area contributed by atoms with Crippen molar-refractivity contribution < 1.29 is 9.90 Å². The van der Waals surface area contributed by atoms with Gasteiger partial charge in [0.05, 0.1) is 30.0 Å². The number of phenolic OH excluding ortho intramolecular Hbond substituents is 1. The molecule has 4 N–H and O–H groups in total. The minimum Gasteiger partial charge on any atom is -0.507 e. The van der Waals surface area contributed by atoms with Gasteiger partial charge < -0.3 is 26.0 Å². The Morgan fingerprint density at radius 2 is 1.86 bits per heavy atom. The van der Waals surface area contributed by atoms with E-state index in [4.69, 9.17) is 10.7 Å². The molecule has 0 saturated carbocycles. The first-order valence-corrected chi connectivity index (χ1v) is 13.9. The second kappa shape index (κ2) is 10.9. The predicted octanol–water partition coefficient (Wildman–Crippen LogP) is 1.90. The number of nitrogens with one attached hydrogen (secondary N) is 1. The van der Waals surface area contributed by atoms with Crippen LogP contribution in [0.2, 0.25) is 0 Å². The van der Waals surface area contributed by atoms with Gasteiger partial charge in [-0.1, -0.05) is 18.1 Å². The van der Waals surface area contributed by atoms with E-state index in [-0.39, 0.29) is 36.0 Å². The molecule has 1 aromatic carbocycles. The summed E-state index contributed by atoms with van der Waals surface area (Å²) in [4.78, 5) is 30.2. The van der Waals surface area contributed by atoms with Gasteiger partial charge in [-0.05, 0) is 49.1 Å². The topological polar surface area (TPSA) is 164 Å². The van der Waals surface area contributed by atoms with Gasteiger partial charge in [-0.15, -0.1) is 10.2 Å². The zero-order valence-corrected chi connectivity index (χ0v) is 23.0. The summed E-state index contributed by atoms with van der Waals surface area (Å²) in [6.45, 7) is 1.76. The lowest BCUT2D eigenvalue weighted by Crippen LogP contribution is -2.37. The molecular weight excluding hydrogens is 546 g/mol. The zero-order chi connectivity index (χ0) is 29.3. The van der Waals surface area contributed by atoms with Crippen molar-refractivity contribution in [2.24, 2.45) is 0 Å². The largest absolute Gasteiger partial charge is 0.507 e. The third-order valence-electron chi connectivity index (χ3n) is 7.81. The lowest BCUT2D eigenvalue weighted by atomic mass is 10.1. The molecule has 2 aliphatic rings. The molecule has 214 valence electrons. The Morgan fingerprint density at radius 1 is 1.02 bits per heavy atom. The van der Waals surface area contributed by atoms with Crippen LogP contribution in [-0.4, -0.2) is 77.5 Å². The third kappa shape index (κ3) is 4.99. The highest BCUT2D eigenvalue weighted by molar-refractivity contribution is 5.93. The average Bonchev–Trinajstić information content (AvgIpc) is 3.76. The molecule has 0 radical (unpaired) electrons. The Morgan fingerprint density at radius 3 is 2.72 bits per heavy atom. The van der Waals surface area contributed by atoms with Crippen LogP contribution >= 0.6 is 0 Å². The fourth-order valence-corrected chi connectivity index (χ4v) is 5.86. The van der Waals surface area contributed by atoms with E-state index in [0.29, 0.717) is 28.5 Å². The third-order valence-corrected chi connectivity index (χ3v) is 7.81. The van der Waals surface area contributed by atoms with Crippen LogP contribution in [0.15, 0.2) is 67.1 Å². The molecule has 0 unspecified atom stereocenters. The summed E-state index contributed by atoms with van der Waals surface area (Å²) < 4.78 is 1.54. The van der Waals surface area contributed by atoms with Crippen molar-refractivity contribution in [2.45, 2.75) is 24.9 Å². The number of nitrogens with zero attached hydrogens (tertiary/aromatic N) is 9. The molecule has 1 amide bonds. The van der Waals surface area contributed by atoms with Crippen LogP contribution in [0.1, 0.15) is 29.2 Å². The van der Waals surface area contributed by atoms with Crippen LogP contribution in [0.25, 0.3) is 16.9 Å². The maximum absolute atomic E-state index is 12.5. The van der Waals surface area contributed by atoms with E-state index < -0.39 is 0 Å². The van der Waals surface area contributed by atoms with Crippen LogP contribution in [0.3, 0.4) is 0 Å². The van der Waals surface area contributed by atoms with E-state index in [9.17, 15) is 9.90 Å². The van der Waals surface area contributed by atoms with Crippen LogP contribution < -0.4 is 20.9 Å². The molecule has 6 heterocycles. The van der Waals surface area contributed by atoms with Crippen molar-refractivity contribution in [3.63, 3.8) is 0 Å². The number of fused-ring (bicyclic) bond motifs is 2. The Balaban J connectivity index is 1.03. The minimum absolute atomic E-state index is 0.126. The van der Waals surface area contributed by atoms with Gasteiger partial charge in [0, 0.05) is 43.3 Å². The van der Waals surface area contributed by atoms with Crippen molar-refractivity contribution in [2.75, 3.05) is 35.2 Å². The first kappa shape index (κ1) is 26.1. The van der Waals surface area contributed by atoms with Gasteiger partial charge >= 0.3 is 0 Å². The van der Waals surface area contributed by atoms with Crippen molar-refractivity contribution in [3.05, 3.63) is 78.6 Å². The number of hydrogen-bond acceptors (Lipinski definition) is 11. The van der Waals surface area contributed by atoms with E-state index >= 15 is 0 Å². The summed E-state index contributed by atoms with van der Waals surface area (Å²) in [5, 5.41) is 25.7. The zero-order valence-electron chi connectivity index (χ0n) is 23.0. The number of carbonyl (C=O) groups is 1. The summed E-state index contributed by atoms with van der Waals surface area (Å²) in [6, 6.07) is 14.7. The SMILES string of the molecule is Nc1nnc(-c2ccccc2O)cc1N1CC[C@H]2[C@@H]1CCN2c1ccnc(C#CCNC(=O)c2cc3ncccn3n2)n1. The van der Waals surface area contributed by atoms with E-state index in [0.717, 1.165) is 37.4 Å². The van der Waals surface area contributed by atoms with Gasteiger partial charge in [-0.2, -0.15) is 5.10 Å². The molecular formula is C30H27N11O2. The van der Waals surface area contributed by atoms with E-state index in [1.807, 2.05) is 24.3 Å². The number of rotatable bonds is 5. The lowest BCUT2D eigenvalue weighted by molar-refractivity contribution is 0.0953. The number of phenols is 1. The maximum Gasteiger partial charge on any atom is 0.272 e. The van der Waals surface area contributed by atoms with Crippen LogP contribution in [0.4, 0.5) is 17.3 Å². The summed E-state index contributed by atoms with van der Waals surface area (Å²) >= 11 is 0. The van der Waals surface area contributed by atoms with Gasteiger partial charge in [0.25, 0.3) is 5.91 Å². The van der Waals surface area contributed by atoms with Crippen LogP contribution in [0, 0.1) is 11.8 Å². The molecule has 2 aliphatic heterocycles. The Hall–Kier alpha value is -5.77. The molecule has 2 fully saturated rings. The number of aromatic nitrogens is 7. The highest BCUT2D eigenvalue weighted by atomic mass is 16.3. The monoisotopic (exact) mass is 573 g/mol. The van der Waals surface area contributed by atoms with Crippen LogP contribution in [-0.2, 0) is 0 Å². The molecule has 5 aromatic rings. The number of anilines is 3. The highest BCUT2D eigenvalue weighted by Crippen LogP contribution is 2.40. The normalized spacial score (nSPS) is 17.5. The number of nitrogens with two attached hydrogens (primary N) is 1. The summed E-state index contributed by atoms with van der Waals surface area (Å²) in [7, 11) is 0. The Bertz CT molecular complexity index is 1860. The lowest BCUT2D eigenvalue weighted by Gasteiger charge is -2.28. The van der Waals surface area contributed by atoms with E-state index in [1.165, 1.54) is 0 Å². The first-order valence-electron chi connectivity index (χ1n) is 13.9. The minimum atomic E-state index is -0.332. The van der Waals surface area contributed by atoms with Crippen molar-refractivity contribution in [1.29, 1.82) is 0 Å². The van der Waals surface area contributed by atoms with Gasteiger partial charge in [-0.3, -0.25) is 4.79 Å². The predicted molar refractivity (Wildman–Crippen MR) is 159 cm³/mol. The number of benzene rings is 1. The maximum atomic E-state index is 12.5. The number of aromatic hydroxyl groups is 1. The summed E-state index contributed by atoms with van der Waals surface area (Å²) in [5.41, 5.74) is 9.17. The molecule has 13 nitrogen and oxygen atoms in total. The molecule has 0 spiro atoms. The van der Waals surface area contributed by atoms with Gasteiger partial charge in [0.15, 0.2) is 17.2 Å². The number of carbonyl (C=O) groups excluding carboxylic acids is 1. The number of amides is 1. The molecule has 0 aliphatic carbocycles. The highest BCUT2D eigenvalue weighted by Gasteiger charge is 2.44. The van der Waals surface area contributed by atoms with Gasteiger partial charge in [0.2, 0.25) is 5.82 Å². The number of hydrogen-bond donors (Lipinski definition) is 3. The summed E-state index contributed by atoms with van der Waals surface area (Å²) in [5.74, 6) is 7.26. The van der Waals surface area contributed by atoms with E-state index in [1.54, 1.807) is 47.4 Å². The molecule has 2 atom stereocenters. The number of para-hydroxylation sites is 1. The van der Waals surface area contributed by atoms with Gasteiger partial charge in [-0.25, -0.2) is 19.5 Å². The fraction of sp³-hybridized carbons (Fsp3) is 0.233. The molecule has 7 rings (SSSR count). The molecule has 4 aromatic heterocycles. The Labute approximate surface area is 246 Å². The number of nitrogen functional groups attached to an aromatic ring is 1. The van der Waals surface area contributed by atoms with Gasteiger partial charge in [0.1, 0.15) is 11.6 Å². The van der Waals surface area contributed by atoms with Crippen LogP contribution in [0.5, 0.6) is 5.75 Å². The molecule has 0 bridgehead atoms. The van der Waals surface area contributed by atoms with Crippen molar-refractivity contribution in [3.8, 4) is 28.8 Å². The fourth-order valence-electron chi connectivity index (χ4n) is 5.86. The smallest absolute Gasteiger partial charge is 0.272 e. The first-order chi connectivity index (χ1) is 21.0. The quantitative estimate of drug-likeness (QED) is 0.263. The molecule has 43 heavy (non-hydrogen) atoms. The molecule has 13 heteroatoms. The summed E-state index contributed by atoms with van der Waals surface area (Å²) in [6.07, 6.45) is 6.93. The van der Waals surface area contributed by atoms with E-state index in [2.05, 4.69) is 52.2 Å².